The first-order valence-corrected chi connectivity index (χ1v) is 12.6. The number of benzene rings is 2. The van der Waals surface area contributed by atoms with Gasteiger partial charge in [0.25, 0.3) is 0 Å². The maximum atomic E-state index is 13.5. The van der Waals surface area contributed by atoms with Crippen LogP contribution in [0, 0.1) is 11.3 Å². The maximum Gasteiger partial charge on any atom is 0.227 e. The van der Waals surface area contributed by atoms with E-state index in [9.17, 15) is 4.79 Å². The van der Waals surface area contributed by atoms with Crippen molar-refractivity contribution < 1.29 is 4.79 Å². The van der Waals surface area contributed by atoms with Crippen molar-refractivity contribution >= 4 is 11.6 Å². The lowest BCUT2D eigenvalue weighted by molar-refractivity contribution is -0.119. The second kappa shape index (κ2) is 10.2. The average Bonchev–Trinajstić information content (AvgIpc) is 2.99. The van der Waals surface area contributed by atoms with Gasteiger partial charge < -0.3 is 9.80 Å². The van der Waals surface area contributed by atoms with Gasteiger partial charge in [0.1, 0.15) is 0 Å². The fraction of sp³-hybridized carbons (Fsp3) is 0.552. The smallest absolute Gasteiger partial charge is 0.227 e. The van der Waals surface area contributed by atoms with E-state index in [0.717, 1.165) is 51.0 Å². The lowest BCUT2D eigenvalue weighted by Gasteiger charge is -2.34. The number of fused-ring (bicyclic) bond motifs is 1. The van der Waals surface area contributed by atoms with E-state index < -0.39 is 0 Å². The van der Waals surface area contributed by atoms with Crippen LogP contribution in [0.2, 0.25) is 0 Å². The van der Waals surface area contributed by atoms with Crippen LogP contribution in [0.1, 0.15) is 76.3 Å². The van der Waals surface area contributed by atoms with Crippen molar-refractivity contribution in [3.05, 3.63) is 65.7 Å². The van der Waals surface area contributed by atoms with Crippen molar-refractivity contribution in [3.63, 3.8) is 0 Å². The molecule has 0 radical (unpaired) electrons. The van der Waals surface area contributed by atoms with Crippen LogP contribution in [0.3, 0.4) is 0 Å². The van der Waals surface area contributed by atoms with Gasteiger partial charge in [0.2, 0.25) is 5.91 Å². The number of hydrogen-bond donors (Lipinski definition) is 0. The Kier molecular flexibility index (Phi) is 7.35. The molecule has 3 heteroatoms. The van der Waals surface area contributed by atoms with E-state index in [0.29, 0.717) is 29.6 Å². The Bertz CT molecular complexity index is 878. The summed E-state index contributed by atoms with van der Waals surface area (Å²) in [5, 5.41) is 0. The topological polar surface area (TPSA) is 23.6 Å². The van der Waals surface area contributed by atoms with Gasteiger partial charge in [0, 0.05) is 24.6 Å². The van der Waals surface area contributed by atoms with Gasteiger partial charge in [-0.25, -0.2) is 0 Å². The molecule has 0 bridgehead atoms. The molecule has 2 aliphatic heterocycles. The van der Waals surface area contributed by atoms with E-state index in [2.05, 4.69) is 85.2 Å². The third-order valence-electron chi connectivity index (χ3n) is 7.33. The van der Waals surface area contributed by atoms with Gasteiger partial charge in [0.15, 0.2) is 0 Å². The Morgan fingerprint density at radius 2 is 1.59 bits per heavy atom. The van der Waals surface area contributed by atoms with Crippen LogP contribution < -0.4 is 4.90 Å². The van der Waals surface area contributed by atoms with Crippen molar-refractivity contribution in [1.82, 2.24) is 4.90 Å². The highest BCUT2D eigenvalue weighted by Gasteiger charge is 2.29. The summed E-state index contributed by atoms with van der Waals surface area (Å²) in [6.07, 6.45) is 6.37. The number of hydrogen-bond acceptors (Lipinski definition) is 2. The number of anilines is 1. The summed E-state index contributed by atoms with van der Waals surface area (Å²) in [6, 6.07) is 19.4. The molecule has 1 fully saturated rings. The van der Waals surface area contributed by atoms with Crippen molar-refractivity contribution in [2.45, 2.75) is 65.2 Å². The Morgan fingerprint density at radius 3 is 2.31 bits per heavy atom. The van der Waals surface area contributed by atoms with E-state index in [-0.39, 0.29) is 0 Å². The number of para-hydroxylation sites is 1. The Labute approximate surface area is 194 Å². The maximum absolute atomic E-state index is 13.5. The Morgan fingerprint density at radius 1 is 0.906 bits per heavy atom. The molecule has 0 aliphatic carbocycles. The molecule has 2 aliphatic rings. The highest BCUT2D eigenvalue weighted by atomic mass is 16.2. The van der Waals surface area contributed by atoms with Crippen molar-refractivity contribution in [2.24, 2.45) is 11.3 Å². The highest BCUT2D eigenvalue weighted by Crippen LogP contribution is 2.39. The Balaban J connectivity index is 1.40. The minimum absolute atomic E-state index is 0.319. The third kappa shape index (κ3) is 5.81. The largest absolute Gasteiger partial charge is 0.312 e. The SMILES string of the molecule is CC(C)(C)CCN1CCC(CC(=O)N2CCCC(c3ccccc3)c3ccccc32)CC1. The predicted molar refractivity (Wildman–Crippen MR) is 134 cm³/mol. The van der Waals surface area contributed by atoms with E-state index in [4.69, 9.17) is 0 Å². The van der Waals surface area contributed by atoms with E-state index >= 15 is 0 Å². The van der Waals surface area contributed by atoms with Crippen LogP contribution in [0.5, 0.6) is 0 Å². The normalized spacial score (nSPS) is 20.6. The molecule has 0 aromatic heterocycles. The first kappa shape index (κ1) is 23.0. The van der Waals surface area contributed by atoms with E-state index in [1.165, 1.54) is 24.1 Å². The second-order valence-corrected chi connectivity index (χ2v) is 11.0. The molecule has 172 valence electrons. The quantitative estimate of drug-likeness (QED) is 0.539. The summed E-state index contributed by atoms with van der Waals surface area (Å²) in [6.45, 7) is 11.3. The van der Waals surface area contributed by atoms with Crippen LogP contribution >= 0.6 is 0 Å². The van der Waals surface area contributed by atoms with E-state index in [1.54, 1.807) is 0 Å². The van der Waals surface area contributed by atoms with Gasteiger partial charge in [-0.05, 0) is 80.3 Å². The van der Waals surface area contributed by atoms with Gasteiger partial charge in [-0.1, -0.05) is 69.3 Å². The summed E-state index contributed by atoms with van der Waals surface area (Å²) in [5.74, 6) is 1.21. The van der Waals surface area contributed by atoms with Crippen molar-refractivity contribution in [1.29, 1.82) is 0 Å². The molecule has 32 heavy (non-hydrogen) atoms. The van der Waals surface area contributed by atoms with Gasteiger partial charge in [-0.15, -0.1) is 0 Å². The van der Waals surface area contributed by atoms with Crippen LogP contribution in [0.15, 0.2) is 54.6 Å². The number of rotatable bonds is 5. The fourth-order valence-electron chi connectivity index (χ4n) is 5.31. The molecule has 4 rings (SSSR count). The second-order valence-electron chi connectivity index (χ2n) is 11.0. The molecule has 1 saturated heterocycles. The number of carbonyl (C=O) groups is 1. The molecule has 0 saturated carbocycles. The molecule has 3 nitrogen and oxygen atoms in total. The minimum atomic E-state index is 0.319. The molecular formula is C29H40N2O. The molecule has 0 spiro atoms. The molecule has 2 aromatic carbocycles. The van der Waals surface area contributed by atoms with Crippen LogP contribution in [-0.2, 0) is 4.79 Å². The van der Waals surface area contributed by atoms with Crippen molar-refractivity contribution in [2.75, 3.05) is 31.1 Å². The van der Waals surface area contributed by atoms with Crippen LogP contribution in [0.4, 0.5) is 5.69 Å². The minimum Gasteiger partial charge on any atom is -0.312 e. The monoisotopic (exact) mass is 432 g/mol. The van der Waals surface area contributed by atoms with Gasteiger partial charge >= 0.3 is 0 Å². The molecule has 0 N–H and O–H groups in total. The fourth-order valence-corrected chi connectivity index (χ4v) is 5.31. The van der Waals surface area contributed by atoms with Gasteiger partial charge in [-0.3, -0.25) is 4.79 Å². The number of carbonyl (C=O) groups excluding carboxylic acids is 1. The van der Waals surface area contributed by atoms with E-state index in [1.807, 2.05) is 0 Å². The highest BCUT2D eigenvalue weighted by molar-refractivity contribution is 5.94. The predicted octanol–water partition coefficient (Wildman–Crippen LogP) is 6.48. The molecule has 2 heterocycles. The molecule has 1 unspecified atom stereocenters. The summed E-state index contributed by atoms with van der Waals surface area (Å²) in [4.78, 5) is 18.2. The first-order valence-electron chi connectivity index (χ1n) is 12.6. The summed E-state index contributed by atoms with van der Waals surface area (Å²) >= 11 is 0. The van der Waals surface area contributed by atoms with Gasteiger partial charge in [-0.2, -0.15) is 0 Å². The molecule has 1 atom stereocenters. The average molecular weight is 433 g/mol. The summed E-state index contributed by atoms with van der Waals surface area (Å²) in [5.41, 5.74) is 4.19. The number of nitrogens with zero attached hydrogens (tertiary/aromatic N) is 2. The lowest BCUT2D eigenvalue weighted by Crippen LogP contribution is -2.38. The molecule has 2 aromatic rings. The third-order valence-corrected chi connectivity index (χ3v) is 7.33. The van der Waals surface area contributed by atoms with Crippen molar-refractivity contribution in [3.8, 4) is 0 Å². The standard InChI is InChI=1S/C29H40N2O/c1-29(2,3)17-21-30-19-15-23(16-20-30)22-28(32)31-18-9-13-25(24-10-5-4-6-11-24)26-12-7-8-14-27(26)31/h4-8,10-12,14,23,25H,9,13,15-22H2,1-3H3. The van der Waals surface area contributed by atoms with Crippen LogP contribution in [-0.4, -0.2) is 37.0 Å². The Hall–Kier alpha value is -2.13. The zero-order chi connectivity index (χ0) is 22.6. The zero-order valence-electron chi connectivity index (χ0n) is 20.2. The lowest BCUT2D eigenvalue weighted by atomic mass is 9.87. The molecular weight excluding hydrogens is 392 g/mol. The number of amides is 1. The van der Waals surface area contributed by atoms with Crippen LogP contribution in [0.25, 0.3) is 0 Å². The van der Waals surface area contributed by atoms with Gasteiger partial charge in [0.05, 0.1) is 0 Å². The first-order chi connectivity index (χ1) is 15.4. The summed E-state index contributed by atoms with van der Waals surface area (Å²) in [7, 11) is 0. The summed E-state index contributed by atoms with van der Waals surface area (Å²) < 4.78 is 0. The zero-order valence-corrected chi connectivity index (χ0v) is 20.2. The molecule has 1 amide bonds. The number of likely N-dealkylation sites (tertiary alicyclic amines) is 1. The number of piperidine rings is 1.